The molecule has 4 heteroatoms. The molecule has 134 valence electrons. The second-order valence-electron chi connectivity index (χ2n) is 6.97. The van der Waals surface area contributed by atoms with E-state index in [1.807, 2.05) is 12.1 Å². The lowest BCUT2D eigenvalue weighted by Gasteiger charge is -2.31. The van der Waals surface area contributed by atoms with E-state index in [0.29, 0.717) is 0 Å². The van der Waals surface area contributed by atoms with Crippen LogP contribution < -0.4 is 0 Å². The second-order valence-corrected chi connectivity index (χ2v) is 6.97. The molecule has 0 bridgehead atoms. The Morgan fingerprint density at radius 1 is 0.962 bits per heavy atom. The van der Waals surface area contributed by atoms with Crippen LogP contribution >= 0.6 is 0 Å². The molecule has 1 aliphatic rings. The van der Waals surface area contributed by atoms with Gasteiger partial charge in [-0.1, -0.05) is 35.9 Å². The highest BCUT2D eigenvalue weighted by atomic mass is 19.1. The van der Waals surface area contributed by atoms with Crippen molar-refractivity contribution in [2.24, 2.45) is 0 Å². The summed E-state index contributed by atoms with van der Waals surface area (Å²) in [5.41, 5.74) is 3.65. The number of fused-ring (bicyclic) bond motifs is 1. The van der Waals surface area contributed by atoms with Crippen LogP contribution in [-0.4, -0.2) is 16.0 Å². The topological polar surface area (TPSA) is 8.17 Å². The SMILES string of the molecule is Cc1cccc([C@H]2c3cccn3CCCN2Cc2c(F)cccc2F)c1. The summed E-state index contributed by atoms with van der Waals surface area (Å²) >= 11 is 0. The Morgan fingerprint density at radius 2 is 1.73 bits per heavy atom. The van der Waals surface area contributed by atoms with Gasteiger partial charge in [-0.3, -0.25) is 4.90 Å². The second kappa shape index (κ2) is 7.04. The van der Waals surface area contributed by atoms with Gasteiger partial charge in [0.05, 0.1) is 6.04 Å². The van der Waals surface area contributed by atoms with Crippen molar-refractivity contribution >= 4 is 0 Å². The fraction of sp³-hybridized carbons (Fsp3) is 0.273. The van der Waals surface area contributed by atoms with Crippen LogP contribution in [0.3, 0.4) is 0 Å². The van der Waals surface area contributed by atoms with Crippen molar-refractivity contribution < 1.29 is 8.78 Å². The molecule has 0 fully saturated rings. The summed E-state index contributed by atoms with van der Waals surface area (Å²) < 4.78 is 30.8. The van der Waals surface area contributed by atoms with E-state index in [-0.39, 0.29) is 18.2 Å². The first kappa shape index (κ1) is 17.0. The van der Waals surface area contributed by atoms with Crippen LogP contribution in [0.2, 0.25) is 0 Å². The van der Waals surface area contributed by atoms with Crippen molar-refractivity contribution in [3.63, 3.8) is 0 Å². The zero-order valence-electron chi connectivity index (χ0n) is 14.8. The molecule has 0 unspecified atom stereocenters. The van der Waals surface area contributed by atoms with Crippen LogP contribution in [0.25, 0.3) is 0 Å². The fourth-order valence-corrected chi connectivity index (χ4v) is 3.92. The Bertz CT molecular complexity index is 896. The average Bonchev–Trinajstić information content (AvgIpc) is 2.99. The van der Waals surface area contributed by atoms with Crippen molar-refractivity contribution in [1.29, 1.82) is 0 Å². The zero-order chi connectivity index (χ0) is 18.1. The number of nitrogens with zero attached hydrogens (tertiary/aromatic N) is 2. The highest BCUT2D eigenvalue weighted by molar-refractivity contribution is 5.33. The van der Waals surface area contributed by atoms with Crippen molar-refractivity contribution in [3.8, 4) is 0 Å². The zero-order valence-corrected chi connectivity index (χ0v) is 14.8. The van der Waals surface area contributed by atoms with Crippen LogP contribution in [0.5, 0.6) is 0 Å². The van der Waals surface area contributed by atoms with Gasteiger partial charge < -0.3 is 4.57 Å². The van der Waals surface area contributed by atoms with Crippen molar-refractivity contribution in [1.82, 2.24) is 9.47 Å². The van der Waals surface area contributed by atoms with Gasteiger partial charge >= 0.3 is 0 Å². The number of benzene rings is 2. The van der Waals surface area contributed by atoms with Gasteiger partial charge in [-0.25, -0.2) is 8.78 Å². The van der Waals surface area contributed by atoms with Gasteiger partial charge in [-0.15, -0.1) is 0 Å². The van der Waals surface area contributed by atoms with E-state index in [9.17, 15) is 8.78 Å². The van der Waals surface area contributed by atoms with Gasteiger partial charge in [-0.05, 0) is 43.2 Å². The molecule has 0 spiro atoms. The normalized spacial score (nSPS) is 17.7. The molecule has 0 amide bonds. The summed E-state index contributed by atoms with van der Waals surface area (Å²) in [6.07, 6.45) is 3.03. The lowest BCUT2D eigenvalue weighted by Crippen LogP contribution is -2.30. The fourth-order valence-electron chi connectivity index (χ4n) is 3.92. The van der Waals surface area contributed by atoms with E-state index in [0.717, 1.165) is 25.1 Å². The lowest BCUT2D eigenvalue weighted by molar-refractivity contribution is 0.214. The van der Waals surface area contributed by atoms with E-state index in [2.05, 4.69) is 46.9 Å². The van der Waals surface area contributed by atoms with E-state index >= 15 is 0 Å². The van der Waals surface area contributed by atoms with Crippen molar-refractivity contribution in [3.05, 3.63) is 94.8 Å². The monoisotopic (exact) mass is 352 g/mol. The van der Waals surface area contributed by atoms with E-state index < -0.39 is 11.6 Å². The predicted molar refractivity (Wildman–Crippen MR) is 98.8 cm³/mol. The van der Waals surface area contributed by atoms with Crippen LogP contribution in [0, 0.1) is 18.6 Å². The number of hydrogen-bond acceptors (Lipinski definition) is 1. The predicted octanol–water partition coefficient (Wildman–Crippen LogP) is 5.07. The third-order valence-electron chi connectivity index (χ3n) is 5.14. The summed E-state index contributed by atoms with van der Waals surface area (Å²) in [4.78, 5) is 2.19. The molecule has 3 aromatic rings. The van der Waals surface area contributed by atoms with E-state index in [4.69, 9.17) is 0 Å². The highest BCUT2D eigenvalue weighted by Crippen LogP contribution is 2.34. The van der Waals surface area contributed by atoms with Gasteiger partial charge in [0.25, 0.3) is 0 Å². The number of rotatable bonds is 3. The summed E-state index contributed by atoms with van der Waals surface area (Å²) in [5, 5.41) is 0. The third-order valence-corrected chi connectivity index (χ3v) is 5.14. The maximum Gasteiger partial charge on any atom is 0.130 e. The van der Waals surface area contributed by atoms with Gasteiger partial charge in [-0.2, -0.15) is 0 Å². The summed E-state index contributed by atoms with van der Waals surface area (Å²) in [6.45, 7) is 4.03. The van der Waals surface area contributed by atoms with Gasteiger partial charge in [0.2, 0.25) is 0 Å². The molecule has 0 saturated carbocycles. The number of halogens is 2. The smallest absolute Gasteiger partial charge is 0.130 e. The molecule has 1 atom stereocenters. The van der Waals surface area contributed by atoms with Gasteiger partial charge in [0.1, 0.15) is 11.6 Å². The number of aryl methyl sites for hydroxylation is 2. The number of aromatic nitrogens is 1. The number of hydrogen-bond donors (Lipinski definition) is 0. The quantitative estimate of drug-likeness (QED) is 0.639. The van der Waals surface area contributed by atoms with Crippen LogP contribution in [0.15, 0.2) is 60.8 Å². The van der Waals surface area contributed by atoms with Crippen LogP contribution in [0.4, 0.5) is 8.78 Å². The Morgan fingerprint density at radius 3 is 2.50 bits per heavy atom. The molecular weight excluding hydrogens is 330 g/mol. The minimum absolute atomic E-state index is 0.0218. The molecule has 1 aromatic heterocycles. The Kier molecular flexibility index (Phi) is 4.60. The molecular formula is C22H22F2N2. The molecule has 0 N–H and O–H groups in total. The largest absolute Gasteiger partial charge is 0.350 e. The summed E-state index contributed by atoms with van der Waals surface area (Å²) in [5.74, 6) is -0.958. The van der Waals surface area contributed by atoms with Crippen molar-refractivity contribution in [2.75, 3.05) is 6.54 Å². The lowest BCUT2D eigenvalue weighted by atomic mass is 9.99. The minimum Gasteiger partial charge on any atom is -0.350 e. The summed E-state index contributed by atoms with van der Waals surface area (Å²) in [7, 11) is 0. The minimum atomic E-state index is -0.479. The Labute approximate surface area is 152 Å². The van der Waals surface area contributed by atoms with Crippen molar-refractivity contribution in [2.45, 2.75) is 32.5 Å². The van der Waals surface area contributed by atoms with E-state index in [1.54, 1.807) is 0 Å². The molecule has 0 radical (unpaired) electrons. The highest BCUT2D eigenvalue weighted by Gasteiger charge is 2.28. The molecule has 2 aromatic carbocycles. The molecule has 2 nitrogen and oxygen atoms in total. The molecule has 26 heavy (non-hydrogen) atoms. The molecule has 0 saturated heterocycles. The standard InChI is InChI=1S/C22H22F2N2/c1-16-6-2-7-17(14-16)22-21-10-4-11-25(21)12-5-13-26(22)15-18-19(23)8-3-9-20(18)24/h2-4,6-11,14,22H,5,12-13,15H2,1H3/t22-/m0/s1. The molecule has 0 aliphatic carbocycles. The summed E-state index contributed by atoms with van der Waals surface area (Å²) in [6, 6.07) is 16.6. The first-order valence-electron chi connectivity index (χ1n) is 9.02. The molecule has 4 rings (SSSR count). The van der Waals surface area contributed by atoms with E-state index in [1.165, 1.54) is 29.5 Å². The van der Waals surface area contributed by atoms with Gasteiger partial charge in [0.15, 0.2) is 0 Å². The maximum atomic E-state index is 14.3. The van der Waals surface area contributed by atoms with Gasteiger partial charge in [0, 0.05) is 37.1 Å². The first-order chi connectivity index (χ1) is 12.6. The first-order valence-corrected chi connectivity index (χ1v) is 9.02. The third kappa shape index (κ3) is 3.17. The van der Waals surface area contributed by atoms with Crippen LogP contribution in [0.1, 0.15) is 34.8 Å². The Hall–Kier alpha value is -2.46. The Balaban J connectivity index is 1.79. The average molecular weight is 352 g/mol. The van der Waals surface area contributed by atoms with Crippen LogP contribution in [-0.2, 0) is 13.1 Å². The molecule has 2 heterocycles. The maximum absolute atomic E-state index is 14.3. The molecule has 1 aliphatic heterocycles.